The van der Waals surface area contributed by atoms with E-state index in [0.717, 1.165) is 0 Å². The first kappa shape index (κ1) is 13.2. The average molecular weight is 272 g/mol. The van der Waals surface area contributed by atoms with Crippen LogP contribution < -0.4 is 5.32 Å². The highest BCUT2D eigenvalue weighted by Gasteiger charge is 2.15. The van der Waals surface area contributed by atoms with Crippen LogP contribution in [0.2, 0.25) is 0 Å². The van der Waals surface area contributed by atoms with Crippen LogP contribution >= 0.6 is 11.8 Å². The lowest BCUT2D eigenvalue weighted by Gasteiger charge is -2.10. The molecule has 5 nitrogen and oxygen atoms in total. The number of rotatable bonds is 4. The van der Waals surface area contributed by atoms with Gasteiger partial charge in [0.15, 0.2) is 5.16 Å². The van der Waals surface area contributed by atoms with Crippen LogP contribution in [0.5, 0.6) is 0 Å². The highest BCUT2D eigenvalue weighted by atomic mass is 32.2. The second-order valence-corrected chi connectivity index (χ2v) is 5.17. The molecule has 0 fully saturated rings. The van der Waals surface area contributed by atoms with Crippen molar-refractivity contribution in [1.29, 1.82) is 5.26 Å². The zero-order valence-electron chi connectivity index (χ0n) is 10.3. The lowest BCUT2D eigenvalue weighted by Crippen LogP contribution is -2.22. The second-order valence-electron chi connectivity index (χ2n) is 3.84. The van der Waals surface area contributed by atoms with E-state index in [1.807, 2.05) is 6.07 Å². The van der Waals surface area contributed by atoms with E-state index in [0.29, 0.717) is 16.4 Å². The first-order valence-electron chi connectivity index (χ1n) is 5.66. The number of anilines is 1. The minimum Gasteiger partial charge on any atom is -0.340 e. The first-order valence-corrected chi connectivity index (χ1v) is 6.54. The minimum absolute atomic E-state index is 0.128. The molecule has 2 aromatic rings. The Kier molecular flexibility index (Phi) is 4.21. The van der Waals surface area contributed by atoms with Crippen molar-refractivity contribution in [3.05, 3.63) is 42.2 Å². The summed E-state index contributed by atoms with van der Waals surface area (Å²) in [6.45, 7) is 1.80. The summed E-state index contributed by atoms with van der Waals surface area (Å²) in [5, 5.41) is 12.0. The Morgan fingerprint density at radius 1 is 1.58 bits per heavy atom. The summed E-state index contributed by atoms with van der Waals surface area (Å²) >= 11 is 1.34. The Morgan fingerprint density at radius 3 is 3.11 bits per heavy atom. The molecule has 1 atom stereocenters. The lowest BCUT2D eigenvalue weighted by atomic mass is 10.2. The van der Waals surface area contributed by atoms with Crippen LogP contribution in [-0.2, 0) is 4.79 Å². The number of aromatic amines is 1. The number of nitriles is 1. The maximum atomic E-state index is 12.0. The molecule has 2 rings (SSSR count). The molecular formula is C13H12N4OS. The maximum absolute atomic E-state index is 12.0. The Hall–Kier alpha value is -2.26. The number of imidazole rings is 1. The predicted octanol–water partition coefficient (Wildman–Crippen LogP) is 2.40. The fraction of sp³-hybridized carbons (Fsp3) is 0.154. The number of thioether (sulfide) groups is 1. The van der Waals surface area contributed by atoms with Gasteiger partial charge in [-0.15, -0.1) is 0 Å². The third-order valence-electron chi connectivity index (χ3n) is 2.39. The molecule has 1 heterocycles. The largest absolute Gasteiger partial charge is 0.340 e. The van der Waals surface area contributed by atoms with Crippen molar-refractivity contribution in [2.75, 3.05) is 5.32 Å². The highest BCUT2D eigenvalue weighted by molar-refractivity contribution is 8.00. The summed E-state index contributed by atoms with van der Waals surface area (Å²) in [6, 6.07) is 8.85. The Bertz CT molecular complexity index is 603. The number of carbonyl (C=O) groups is 1. The van der Waals surface area contributed by atoms with Gasteiger partial charge in [0.25, 0.3) is 0 Å². The van der Waals surface area contributed by atoms with E-state index in [1.165, 1.54) is 11.8 Å². The van der Waals surface area contributed by atoms with E-state index in [9.17, 15) is 4.79 Å². The normalized spacial score (nSPS) is 11.6. The van der Waals surface area contributed by atoms with Gasteiger partial charge in [-0.25, -0.2) is 4.98 Å². The molecule has 0 saturated heterocycles. The maximum Gasteiger partial charge on any atom is 0.237 e. The molecule has 0 bridgehead atoms. The summed E-state index contributed by atoms with van der Waals surface area (Å²) < 4.78 is 0. The molecule has 0 aliphatic carbocycles. The van der Waals surface area contributed by atoms with Crippen molar-refractivity contribution >= 4 is 23.4 Å². The number of benzene rings is 1. The monoisotopic (exact) mass is 272 g/mol. The SMILES string of the molecule is CC(Sc1ncc[nH]1)C(=O)Nc1cccc(C#N)c1. The van der Waals surface area contributed by atoms with Crippen LogP contribution in [0.3, 0.4) is 0 Å². The molecule has 96 valence electrons. The third kappa shape index (κ3) is 3.60. The van der Waals surface area contributed by atoms with Crippen LogP contribution in [-0.4, -0.2) is 21.1 Å². The van der Waals surface area contributed by atoms with Crippen molar-refractivity contribution in [2.24, 2.45) is 0 Å². The summed E-state index contributed by atoms with van der Waals surface area (Å²) in [6.07, 6.45) is 3.35. The third-order valence-corrected chi connectivity index (χ3v) is 3.40. The first-order chi connectivity index (χ1) is 9.19. The number of nitrogens with one attached hydrogen (secondary N) is 2. The summed E-state index contributed by atoms with van der Waals surface area (Å²) in [4.78, 5) is 19.0. The van der Waals surface area contributed by atoms with Gasteiger partial charge in [0.05, 0.1) is 16.9 Å². The van der Waals surface area contributed by atoms with Crippen molar-refractivity contribution in [3.8, 4) is 6.07 Å². The van der Waals surface area contributed by atoms with E-state index in [-0.39, 0.29) is 11.2 Å². The van der Waals surface area contributed by atoms with Crippen LogP contribution in [0.15, 0.2) is 41.8 Å². The van der Waals surface area contributed by atoms with Crippen LogP contribution in [0, 0.1) is 11.3 Å². The summed E-state index contributed by atoms with van der Waals surface area (Å²) in [7, 11) is 0. The number of amides is 1. The predicted molar refractivity (Wildman–Crippen MR) is 73.7 cm³/mol. The molecule has 19 heavy (non-hydrogen) atoms. The molecule has 2 N–H and O–H groups in total. The number of hydrogen-bond acceptors (Lipinski definition) is 4. The average Bonchev–Trinajstić information content (AvgIpc) is 2.91. The van der Waals surface area contributed by atoms with Gasteiger partial charge in [0, 0.05) is 18.1 Å². The fourth-order valence-corrected chi connectivity index (χ4v) is 2.21. The van der Waals surface area contributed by atoms with Gasteiger partial charge in [0.1, 0.15) is 0 Å². The highest BCUT2D eigenvalue weighted by Crippen LogP contribution is 2.20. The zero-order chi connectivity index (χ0) is 13.7. The second kappa shape index (κ2) is 6.07. The van der Waals surface area contributed by atoms with Gasteiger partial charge < -0.3 is 10.3 Å². The van der Waals surface area contributed by atoms with Crippen molar-refractivity contribution in [1.82, 2.24) is 9.97 Å². The Labute approximate surface area is 115 Å². The standard InChI is InChI=1S/C13H12N4OS/c1-9(19-13-15-5-6-16-13)12(18)17-11-4-2-3-10(7-11)8-14/h2-7,9H,1H3,(H,15,16)(H,17,18). The number of nitrogens with zero attached hydrogens (tertiary/aromatic N) is 2. The van der Waals surface area contributed by atoms with Crippen molar-refractivity contribution < 1.29 is 4.79 Å². The molecule has 1 aromatic heterocycles. The van der Waals surface area contributed by atoms with Crippen LogP contribution in [0.4, 0.5) is 5.69 Å². The zero-order valence-corrected chi connectivity index (χ0v) is 11.1. The quantitative estimate of drug-likeness (QED) is 0.837. The van der Waals surface area contributed by atoms with Crippen molar-refractivity contribution in [3.63, 3.8) is 0 Å². The number of carbonyl (C=O) groups excluding carboxylic acids is 1. The van der Waals surface area contributed by atoms with Gasteiger partial charge in [0.2, 0.25) is 5.91 Å². The van der Waals surface area contributed by atoms with Gasteiger partial charge in [-0.2, -0.15) is 5.26 Å². The number of H-pyrrole nitrogens is 1. The van der Waals surface area contributed by atoms with Gasteiger partial charge in [-0.05, 0) is 25.1 Å². The van der Waals surface area contributed by atoms with E-state index in [2.05, 4.69) is 15.3 Å². The van der Waals surface area contributed by atoms with Gasteiger partial charge in [-0.3, -0.25) is 4.79 Å². The summed E-state index contributed by atoms with van der Waals surface area (Å²) in [5.41, 5.74) is 1.14. The van der Waals surface area contributed by atoms with E-state index in [1.54, 1.807) is 43.6 Å². The molecule has 0 aliphatic rings. The van der Waals surface area contributed by atoms with E-state index >= 15 is 0 Å². The smallest absolute Gasteiger partial charge is 0.237 e. The molecule has 1 unspecified atom stereocenters. The van der Waals surface area contributed by atoms with Gasteiger partial charge >= 0.3 is 0 Å². The van der Waals surface area contributed by atoms with E-state index < -0.39 is 0 Å². The van der Waals surface area contributed by atoms with Gasteiger partial charge in [-0.1, -0.05) is 17.8 Å². The molecule has 0 spiro atoms. The fourth-order valence-electron chi connectivity index (χ4n) is 1.45. The number of aromatic nitrogens is 2. The number of hydrogen-bond donors (Lipinski definition) is 2. The lowest BCUT2D eigenvalue weighted by molar-refractivity contribution is -0.115. The van der Waals surface area contributed by atoms with E-state index in [4.69, 9.17) is 5.26 Å². The molecule has 0 aliphatic heterocycles. The topological polar surface area (TPSA) is 81.6 Å². The molecule has 0 saturated carbocycles. The Balaban J connectivity index is 1.98. The van der Waals surface area contributed by atoms with Crippen molar-refractivity contribution in [2.45, 2.75) is 17.3 Å². The molecule has 6 heteroatoms. The molecule has 1 amide bonds. The summed E-state index contributed by atoms with van der Waals surface area (Å²) in [5.74, 6) is -0.128. The molecular weight excluding hydrogens is 260 g/mol. The van der Waals surface area contributed by atoms with Crippen LogP contribution in [0.1, 0.15) is 12.5 Å². The molecule has 1 aromatic carbocycles. The molecule has 0 radical (unpaired) electrons. The minimum atomic E-state index is -0.281. The Morgan fingerprint density at radius 2 is 2.42 bits per heavy atom. The van der Waals surface area contributed by atoms with Crippen LogP contribution in [0.25, 0.3) is 0 Å².